The van der Waals surface area contributed by atoms with E-state index in [0.29, 0.717) is 0 Å². The first-order valence-corrected chi connectivity index (χ1v) is 1.34. The molecule has 73 valence electrons. The van der Waals surface area contributed by atoms with Gasteiger partial charge in [-0.1, -0.05) is 0 Å². The molecule has 0 bridgehead atoms. The van der Waals surface area contributed by atoms with Crippen molar-refractivity contribution < 1.29 is 63.4 Å². The summed E-state index contributed by atoms with van der Waals surface area (Å²) in [5.74, 6) is 0. The van der Waals surface area contributed by atoms with E-state index in [-0.39, 0.29) is 63.4 Å². The van der Waals surface area contributed by atoms with Gasteiger partial charge in [0, 0.05) is 0 Å². The summed E-state index contributed by atoms with van der Waals surface area (Å²) >= 11 is 0. The molecule has 6 nitrogen and oxygen atoms in total. The molecule has 0 fully saturated rings. The molecular weight excluding hydrogens is 294 g/mol. The largest absolute Gasteiger partial charge is 2.00 e. The molecule has 0 atom stereocenters. The molecule has 0 aliphatic rings. The van der Waals surface area contributed by atoms with E-state index in [4.69, 9.17) is 71.0 Å². The molecule has 15 heavy (non-hydrogen) atoms. The van der Waals surface area contributed by atoms with Crippen LogP contribution in [0, 0.1) is 71.0 Å². The molecule has 0 rings (SSSR count). The normalized spacial score (nSPS) is 0.800. The second kappa shape index (κ2) is 1740. The first-order chi connectivity index (χ1) is 6.00. The van der Waals surface area contributed by atoms with Gasteiger partial charge in [-0.3, -0.25) is 0 Å². The van der Waals surface area contributed by atoms with E-state index in [1.807, 2.05) is 0 Å². The molecule has 0 amide bonds. The first-order valence-electron chi connectivity index (χ1n) is 1.34. The number of hydrogen-bond acceptors (Lipinski definition) is 6. The van der Waals surface area contributed by atoms with E-state index in [9.17, 15) is 0 Å². The molecule has 0 N–H and O–H groups in total. The van der Waals surface area contributed by atoms with E-state index in [0.717, 1.165) is 0 Å². The second-order valence-corrected chi connectivity index (χ2v) is 0. The first kappa shape index (κ1) is 95.2. The van der Waals surface area contributed by atoms with Gasteiger partial charge in [-0.25, -0.2) is 0 Å². The summed E-state index contributed by atoms with van der Waals surface area (Å²) in [4.78, 5) is 0. The fourth-order valence-electron chi connectivity index (χ4n) is 0. The van der Waals surface area contributed by atoms with Gasteiger partial charge in [0.2, 0.25) is 0 Å². The van der Waals surface area contributed by atoms with E-state index in [1.54, 1.807) is 0 Å². The summed E-state index contributed by atoms with van der Waals surface area (Å²) in [7, 11) is 0. The third-order valence-corrected chi connectivity index (χ3v) is 0. The zero-order valence-electron chi connectivity index (χ0n) is 7.37. The molecule has 0 unspecified atom stereocenters. The van der Waals surface area contributed by atoms with Gasteiger partial charge in [0.1, 0.15) is 0 Å². The Balaban J connectivity index is -0.00000000396. The van der Waals surface area contributed by atoms with Crippen molar-refractivity contribution in [1.82, 2.24) is 0 Å². The average Bonchev–Trinajstić information content (AvgIpc) is 2.33. The Bertz CT molecular complexity index is 103. The van der Waals surface area contributed by atoms with Crippen molar-refractivity contribution in [1.29, 1.82) is 31.6 Å². The maximum Gasteiger partial charge on any atom is 2.00 e. The van der Waals surface area contributed by atoms with Crippen molar-refractivity contribution in [2.24, 2.45) is 0 Å². The second-order valence-electron chi connectivity index (χ2n) is 0. The monoisotopic (exact) mass is 294 g/mol. The number of nitrogens with zero attached hydrogens (tertiary/aromatic N) is 6. The molecular formula is C6CoFeN6Na-. The third kappa shape index (κ3) is 1460. The minimum atomic E-state index is 0. The van der Waals surface area contributed by atoms with Crippen LogP contribution in [0.5, 0.6) is 0 Å². The summed E-state index contributed by atoms with van der Waals surface area (Å²) in [6.07, 6.45) is 0. The maximum absolute atomic E-state index is 6.25. The summed E-state index contributed by atoms with van der Waals surface area (Å²) in [6.45, 7) is 28.5. The Kier molecular flexibility index (Phi) is 11000. The van der Waals surface area contributed by atoms with Crippen molar-refractivity contribution in [3.05, 3.63) is 39.4 Å². The van der Waals surface area contributed by atoms with Gasteiger partial charge in [-0.05, 0) is 0 Å². The summed E-state index contributed by atoms with van der Waals surface area (Å²) < 4.78 is 0. The van der Waals surface area contributed by atoms with Crippen LogP contribution in [0.15, 0.2) is 0 Å². The predicted molar refractivity (Wildman–Crippen MR) is 29.8 cm³/mol. The van der Waals surface area contributed by atoms with Gasteiger partial charge in [-0.2, -0.15) is 0 Å². The predicted octanol–water partition coefficient (Wildman–Crippen LogP) is -2.42. The van der Waals surface area contributed by atoms with Crippen molar-refractivity contribution >= 4 is 0 Å². The van der Waals surface area contributed by atoms with Crippen molar-refractivity contribution in [2.45, 2.75) is 0 Å². The molecule has 0 aromatic heterocycles. The van der Waals surface area contributed by atoms with E-state index in [1.165, 1.54) is 0 Å². The topological polar surface area (TPSA) is 143 Å². The van der Waals surface area contributed by atoms with Crippen LogP contribution in [0.25, 0.3) is 0 Å². The Morgan fingerprint density at radius 3 is 0.400 bits per heavy atom. The van der Waals surface area contributed by atoms with Gasteiger partial charge < -0.3 is 71.0 Å². The quantitative estimate of drug-likeness (QED) is 0.359. The fourth-order valence-corrected chi connectivity index (χ4v) is 0. The Labute approximate surface area is 133 Å². The van der Waals surface area contributed by atoms with Crippen LogP contribution in [0.2, 0.25) is 0 Å². The molecule has 0 saturated carbocycles. The summed E-state index contributed by atoms with van der Waals surface area (Å²) in [5.41, 5.74) is 0. The standard InChI is InChI=1S/6CN.Co.Fe.Na/c6*1-2;;;/q6*-1;2*+2;+1. The van der Waals surface area contributed by atoms with E-state index < -0.39 is 0 Å². The zero-order chi connectivity index (χ0) is 12.0. The molecule has 9 heteroatoms. The molecule has 1 radical (unpaired) electrons. The smallest absolute Gasteiger partial charge is 0.512 e. The van der Waals surface area contributed by atoms with Gasteiger partial charge in [0.15, 0.2) is 0 Å². The van der Waals surface area contributed by atoms with Gasteiger partial charge in [0.05, 0.1) is 0 Å². The molecule has 0 aromatic carbocycles. The van der Waals surface area contributed by atoms with Crippen LogP contribution >= 0.6 is 0 Å². The van der Waals surface area contributed by atoms with Crippen LogP contribution in [0.4, 0.5) is 0 Å². The molecule has 0 saturated heterocycles. The molecule has 0 aromatic rings. The Morgan fingerprint density at radius 2 is 0.400 bits per heavy atom. The minimum Gasteiger partial charge on any atom is -0.512 e. The van der Waals surface area contributed by atoms with Crippen LogP contribution < -0.4 is 29.6 Å². The Hall–Kier alpha value is -1.03. The summed E-state index contributed by atoms with van der Waals surface area (Å²) in [5, 5.41) is 37.5. The Morgan fingerprint density at radius 1 is 0.400 bits per heavy atom. The van der Waals surface area contributed by atoms with Crippen LogP contribution in [-0.2, 0) is 33.8 Å². The van der Waals surface area contributed by atoms with Crippen LogP contribution in [0.1, 0.15) is 0 Å². The zero-order valence-corrected chi connectivity index (χ0v) is 11.5. The maximum atomic E-state index is 6.25. The van der Waals surface area contributed by atoms with Crippen molar-refractivity contribution in [2.75, 3.05) is 0 Å². The number of rotatable bonds is 0. The van der Waals surface area contributed by atoms with Crippen molar-refractivity contribution in [3.63, 3.8) is 0 Å². The molecule has 0 aliphatic heterocycles. The van der Waals surface area contributed by atoms with Gasteiger partial charge >= 0.3 is 63.4 Å². The van der Waals surface area contributed by atoms with Crippen LogP contribution in [-0.4, -0.2) is 0 Å². The van der Waals surface area contributed by atoms with Crippen molar-refractivity contribution in [3.8, 4) is 0 Å². The van der Waals surface area contributed by atoms with E-state index in [2.05, 4.69) is 0 Å². The van der Waals surface area contributed by atoms with E-state index >= 15 is 0 Å². The number of hydrogen-bond donors (Lipinski definition) is 0. The van der Waals surface area contributed by atoms with Crippen LogP contribution in [0.3, 0.4) is 0 Å². The average molecular weight is 294 g/mol. The fraction of sp³-hybridized carbons (Fsp3) is 0. The molecule has 0 aliphatic carbocycles. The van der Waals surface area contributed by atoms with Gasteiger partial charge in [-0.15, -0.1) is 0 Å². The third-order valence-electron chi connectivity index (χ3n) is 0. The molecule has 0 heterocycles. The minimum absolute atomic E-state index is 0. The SMILES string of the molecule is [C-]#N.[C-]#N.[C-]#N.[C-]#N.[C-]#N.[C-]#N.[Co+2].[Fe+2].[Na+]. The van der Waals surface area contributed by atoms with Gasteiger partial charge in [0.25, 0.3) is 0 Å². The molecule has 0 spiro atoms. The summed E-state index contributed by atoms with van der Waals surface area (Å²) in [6, 6.07) is 0.